The van der Waals surface area contributed by atoms with Gasteiger partial charge in [-0.1, -0.05) is 13.0 Å². The van der Waals surface area contributed by atoms with Crippen LogP contribution in [0.3, 0.4) is 0 Å². The van der Waals surface area contributed by atoms with Crippen LogP contribution in [0.4, 0.5) is 5.82 Å². The first-order valence-electron chi connectivity index (χ1n) is 10.3. The van der Waals surface area contributed by atoms with Crippen molar-refractivity contribution in [3.8, 4) is 0 Å². The molecule has 0 spiro atoms. The smallest absolute Gasteiger partial charge is 0.191 e. The molecule has 3 heterocycles. The summed E-state index contributed by atoms with van der Waals surface area (Å²) < 4.78 is 5.67. The Morgan fingerprint density at radius 1 is 1.21 bits per heavy atom. The Labute approximate surface area is 186 Å². The van der Waals surface area contributed by atoms with E-state index < -0.39 is 0 Å². The highest BCUT2D eigenvalue weighted by Gasteiger charge is 2.17. The van der Waals surface area contributed by atoms with Crippen molar-refractivity contribution in [2.75, 3.05) is 57.3 Å². The van der Waals surface area contributed by atoms with Crippen molar-refractivity contribution >= 4 is 35.8 Å². The maximum Gasteiger partial charge on any atom is 0.191 e. The predicted molar refractivity (Wildman–Crippen MR) is 126 cm³/mol. The number of aliphatic imine (C=N–C) groups is 1. The van der Waals surface area contributed by atoms with E-state index in [9.17, 15) is 0 Å². The summed E-state index contributed by atoms with van der Waals surface area (Å²) >= 11 is 0. The van der Waals surface area contributed by atoms with Gasteiger partial charge in [0.05, 0.1) is 12.6 Å². The summed E-state index contributed by atoms with van der Waals surface area (Å²) in [7, 11) is 0. The van der Waals surface area contributed by atoms with E-state index in [1.54, 1.807) is 0 Å². The van der Waals surface area contributed by atoms with E-state index in [1.807, 2.05) is 6.20 Å². The zero-order valence-electron chi connectivity index (χ0n) is 17.2. The lowest BCUT2D eigenvalue weighted by Crippen LogP contribution is -2.46. The number of pyridine rings is 1. The van der Waals surface area contributed by atoms with Crippen LogP contribution in [-0.4, -0.2) is 74.4 Å². The van der Waals surface area contributed by atoms with Gasteiger partial charge in [-0.2, -0.15) is 0 Å². The topological polar surface area (TPSA) is 65.0 Å². The maximum atomic E-state index is 5.67. The van der Waals surface area contributed by atoms with Crippen molar-refractivity contribution < 1.29 is 4.74 Å². The van der Waals surface area contributed by atoms with E-state index >= 15 is 0 Å². The first-order chi connectivity index (χ1) is 13.3. The van der Waals surface area contributed by atoms with Gasteiger partial charge in [0.1, 0.15) is 5.82 Å². The first kappa shape index (κ1) is 23.2. The fourth-order valence-electron chi connectivity index (χ4n) is 3.52. The molecular weight excluding hydrogens is 467 g/mol. The minimum Gasteiger partial charge on any atom is -0.376 e. The lowest BCUT2D eigenvalue weighted by atomic mass is 10.2. The molecule has 0 radical (unpaired) electrons. The molecule has 0 aromatic carbocycles. The molecule has 2 fully saturated rings. The van der Waals surface area contributed by atoms with Crippen LogP contribution in [0.15, 0.2) is 23.3 Å². The highest BCUT2D eigenvalue weighted by atomic mass is 127. The van der Waals surface area contributed by atoms with Gasteiger partial charge < -0.3 is 25.2 Å². The molecule has 1 aromatic heterocycles. The summed E-state index contributed by atoms with van der Waals surface area (Å²) in [5.41, 5.74) is 1.13. The minimum absolute atomic E-state index is 0. The van der Waals surface area contributed by atoms with Crippen LogP contribution in [0.1, 0.15) is 32.3 Å². The lowest BCUT2D eigenvalue weighted by Gasteiger charge is -2.34. The van der Waals surface area contributed by atoms with Gasteiger partial charge >= 0.3 is 0 Å². The molecule has 2 saturated heterocycles. The highest BCUT2D eigenvalue weighted by molar-refractivity contribution is 14.0. The van der Waals surface area contributed by atoms with Crippen LogP contribution >= 0.6 is 24.0 Å². The van der Waals surface area contributed by atoms with Gasteiger partial charge in [-0.15, -0.1) is 24.0 Å². The zero-order chi connectivity index (χ0) is 18.9. The summed E-state index contributed by atoms with van der Waals surface area (Å²) in [6.07, 6.45) is 4.55. The number of anilines is 1. The number of hydrogen-bond acceptors (Lipinski definition) is 5. The molecule has 1 aromatic rings. The Morgan fingerprint density at radius 2 is 2.04 bits per heavy atom. The van der Waals surface area contributed by atoms with Gasteiger partial charge in [-0.05, 0) is 37.9 Å². The number of hydrogen-bond donors (Lipinski definition) is 2. The number of piperazine rings is 1. The maximum absolute atomic E-state index is 5.67. The Balaban J connectivity index is 0.00000280. The number of nitrogens with zero attached hydrogens (tertiary/aromatic N) is 4. The molecule has 0 amide bonds. The Morgan fingerprint density at radius 3 is 2.64 bits per heavy atom. The lowest BCUT2D eigenvalue weighted by molar-refractivity contribution is 0.114. The SMILES string of the molecule is CCNC(=NCc1ccc(N2CCN(CC)CC2)nc1)NCC1CCCO1.I. The van der Waals surface area contributed by atoms with Gasteiger partial charge in [0.2, 0.25) is 0 Å². The average Bonchev–Trinajstić information content (AvgIpc) is 3.24. The van der Waals surface area contributed by atoms with Crippen LogP contribution in [0.2, 0.25) is 0 Å². The molecule has 1 unspecified atom stereocenters. The fourth-order valence-corrected chi connectivity index (χ4v) is 3.52. The number of ether oxygens (including phenoxy) is 1. The van der Waals surface area contributed by atoms with Gasteiger partial charge in [0, 0.05) is 52.1 Å². The molecule has 28 heavy (non-hydrogen) atoms. The molecule has 1 atom stereocenters. The van der Waals surface area contributed by atoms with Crippen LogP contribution in [0.25, 0.3) is 0 Å². The normalized spacial score (nSPS) is 20.7. The number of rotatable bonds is 7. The molecule has 158 valence electrons. The molecule has 7 nitrogen and oxygen atoms in total. The Hall–Kier alpha value is -1.13. The molecule has 0 aliphatic carbocycles. The quantitative estimate of drug-likeness (QED) is 0.338. The summed E-state index contributed by atoms with van der Waals surface area (Å²) in [5, 5.41) is 6.69. The average molecular weight is 502 g/mol. The molecular formula is C20H35IN6O. The van der Waals surface area contributed by atoms with Gasteiger partial charge in [-0.25, -0.2) is 9.98 Å². The molecule has 2 aliphatic heterocycles. The molecule has 3 rings (SSSR count). The van der Waals surface area contributed by atoms with Crippen molar-refractivity contribution in [2.24, 2.45) is 4.99 Å². The van der Waals surface area contributed by atoms with Crippen molar-refractivity contribution in [1.82, 2.24) is 20.5 Å². The van der Waals surface area contributed by atoms with Crippen molar-refractivity contribution in [3.63, 3.8) is 0 Å². The highest BCUT2D eigenvalue weighted by Crippen LogP contribution is 2.14. The van der Waals surface area contributed by atoms with E-state index in [4.69, 9.17) is 4.74 Å². The van der Waals surface area contributed by atoms with Gasteiger partial charge in [0.15, 0.2) is 5.96 Å². The predicted octanol–water partition coefficient (Wildman–Crippen LogP) is 2.08. The van der Waals surface area contributed by atoms with E-state index in [1.165, 1.54) is 0 Å². The van der Waals surface area contributed by atoms with E-state index in [0.717, 1.165) is 82.6 Å². The Bertz CT molecular complexity index is 583. The number of likely N-dealkylation sites (N-methyl/N-ethyl adjacent to an activating group) is 1. The molecule has 0 bridgehead atoms. The van der Waals surface area contributed by atoms with Crippen LogP contribution in [-0.2, 0) is 11.3 Å². The number of nitrogens with one attached hydrogen (secondary N) is 2. The second-order valence-corrected chi connectivity index (χ2v) is 7.16. The van der Waals surface area contributed by atoms with Crippen LogP contribution < -0.4 is 15.5 Å². The fraction of sp³-hybridized carbons (Fsp3) is 0.700. The van der Waals surface area contributed by atoms with Crippen LogP contribution in [0.5, 0.6) is 0 Å². The summed E-state index contributed by atoms with van der Waals surface area (Å²) in [5.74, 6) is 1.91. The number of guanidine groups is 1. The van der Waals surface area contributed by atoms with Gasteiger partial charge in [0.25, 0.3) is 0 Å². The van der Waals surface area contributed by atoms with Crippen molar-refractivity contribution in [2.45, 2.75) is 39.3 Å². The number of halogens is 1. The minimum atomic E-state index is 0. The third kappa shape index (κ3) is 7.04. The second kappa shape index (κ2) is 12.4. The van der Waals surface area contributed by atoms with E-state index in [-0.39, 0.29) is 24.0 Å². The molecule has 0 saturated carbocycles. The first-order valence-corrected chi connectivity index (χ1v) is 10.3. The molecule has 8 heteroatoms. The molecule has 2 N–H and O–H groups in total. The Kier molecular flexibility index (Phi) is 10.3. The monoisotopic (exact) mass is 502 g/mol. The summed E-state index contributed by atoms with van der Waals surface area (Å²) in [6, 6.07) is 4.26. The number of aromatic nitrogens is 1. The van der Waals surface area contributed by atoms with E-state index in [0.29, 0.717) is 12.6 Å². The standard InChI is InChI=1S/C20H34N6O.HI/c1-3-21-20(24-16-18-6-5-13-27-18)23-15-17-7-8-19(22-14-17)26-11-9-25(4-2)10-12-26;/h7-8,14,18H,3-6,9-13,15-16H2,1-2H3,(H2,21,23,24);1H. The third-order valence-electron chi connectivity index (χ3n) is 5.24. The van der Waals surface area contributed by atoms with Crippen LogP contribution in [0, 0.1) is 0 Å². The summed E-state index contributed by atoms with van der Waals surface area (Å²) in [4.78, 5) is 14.2. The zero-order valence-corrected chi connectivity index (χ0v) is 19.5. The summed E-state index contributed by atoms with van der Waals surface area (Å²) in [6.45, 7) is 12.9. The third-order valence-corrected chi connectivity index (χ3v) is 5.24. The van der Waals surface area contributed by atoms with Gasteiger partial charge in [-0.3, -0.25) is 0 Å². The molecule has 2 aliphatic rings. The largest absolute Gasteiger partial charge is 0.376 e. The van der Waals surface area contributed by atoms with Crippen molar-refractivity contribution in [3.05, 3.63) is 23.9 Å². The van der Waals surface area contributed by atoms with E-state index in [2.05, 4.69) is 56.4 Å². The second-order valence-electron chi connectivity index (χ2n) is 7.16. The van der Waals surface area contributed by atoms with Crippen molar-refractivity contribution in [1.29, 1.82) is 0 Å².